The number of para-hydroxylation sites is 1. The number of carbonyl (C=O) groups is 1. The SMILES string of the molecule is COc1cccc2c(C(=O)NCc3cccn(C)c3=O)nc(N)nc12. The fourth-order valence-electron chi connectivity index (χ4n) is 2.53. The van der Waals surface area contributed by atoms with Crippen molar-refractivity contribution in [2.45, 2.75) is 6.54 Å². The molecule has 0 aliphatic heterocycles. The van der Waals surface area contributed by atoms with Gasteiger partial charge >= 0.3 is 0 Å². The maximum absolute atomic E-state index is 12.6. The Bertz CT molecular complexity index is 1010. The van der Waals surface area contributed by atoms with Gasteiger partial charge in [0.2, 0.25) is 5.95 Å². The van der Waals surface area contributed by atoms with E-state index in [1.54, 1.807) is 43.6 Å². The van der Waals surface area contributed by atoms with E-state index in [-0.39, 0.29) is 23.7 Å². The number of nitrogens with one attached hydrogen (secondary N) is 1. The number of aryl methyl sites for hydroxylation is 1. The molecule has 0 aliphatic rings. The molecule has 2 heterocycles. The molecular weight excluding hydrogens is 322 g/mol. The van der Waals surface area contributed by atoms with Gasteiger partial charge in [-0.1, -0.05) is 18.2 Å². The van der Waals surface area contributed by atoms with E-state index in [1.165, 1.54) is 11.7 Å². The Morgan fingerprint density at radius 3 is 2.84 bits per heavy atom. The normalized spacial score (nSPS) is 10.6. The smallest absolute Gasteiger partial charge is 0.271 e. The van der Waals surface area contributed by atoms with Gasteiger partial charge in [0.25, 0.3) is 11.5 Å². The van der Waals surface area contributed by atoms with Crippen LogP contribution in [-0.2, 0) is 13.6 Å². The molecule has 0 bridgehead atoms. The first-order valence-corrected chi connectivity index (χ1v) is 7.54. The Morgan fingerprint density at radius 1 is 1.28 bits per heavy atom. The molecule has 2 aromatic heterocycles. The van der Waals surface area contributed by atoms with E-state index in [9.17, 15) is 9.59 Å². The summed E-state index contributed by atoms with van der Waals surface area (Å²) < 4.78 is 6.70. The molecule has 0 spiro atoms. The van der Waals surface area contributed by atoms with Crippen molar-refractivity contribution >= 4 is 22.8 Å². The average molecular weight is 339 g/mol. The highest BCUT2D eigenvalue weighted by Gasteiger charge is 2.16. The molecule has 3 N–H and O–H groups in total. The molecule has 1 aromatic carbocycles. The molecule has 8 nitrogen and oxygen atoms in total. The summed E-state index contributed by atoms with van der Waals surface area (Å²) >= 11 is 0. The third-order valence-electron chi connectivity index (χ3n) is 3.78. The molecule has 0 saturated carbocycles. The van der Waals surface area contributed by atoms with Crippen LogP contribution in [0.5, 0.6) is 5.75 Å². The number of ether oxygens (including phenoxy) is 1. The molecule has 1 amide bonds. The summed E-state index contributed by atoms with van der Waals surface area (Å²) in [5, 5.41) is 3.22. The van der Waals surface area contributed by atoms with Gasteiger partial charge in [0.15, 0.2) is 0 Å². The highest BCUT2D eigenvalue weighted by molar-refractivity contribution is 6.05. The molecule has 3 rings (SSSR count). The number of hydrogen-bond acceptors (Lipinski definition) is 6. The van der Waals surface area contributed by atoms with Crippen LogP contribution >= 0.6 is 0 Å². The van der Waals surface area contributed by atoms with E-state index >= 15 is 0 Å². The first-order chi connectivity index (χ1) is 12.0. The van der Waals surface area contributed by atoms with Crippen LogP contribution in [0.25, 0.3) is 10.9 Å². The molecule has 0 atom stereocenters. The minimum atomic E-state index is -0.446. The van der Waals surface area contributed by atoms with Crippen LogP contribution in [-0.4, -0.2) is 27.6 Å². The van der Waals surface area contributed by atoms with Crippen molar-refractivity contribution in [1.82, 2.24) is 19.9 Å². The Kier molecular flexibility index (Phi) is 4.34. The Labute approximate surface area is 143 Å². The summed E-state index contributed by atoms with van der Waals surface area (Å²) in [6, 6.07) is 8.59. The second-order valence-corrected chi connectivity index (χ2v) is 5.42. The lowest BCUT2D eigenvalue weighted by atomic mass is 10.1. The molecule has 0 aliphatic carbocycles. The van der Waals surface area contributed by atoms with Gasteiger partial charge < -0.3 is 20.4 Å². The minimum Gasteiger partial charge on any atom is -0.494 e. The molecule has 0 saturated heterocycles. The van der Waals surface area contributed by atoms with E-state index < -0.39 is 5.91 Å². The second-order valence-electron chi connectivity index (χ2n) is 5.42. The monoisotopic (exact) mass is 339 g/mol. The highest BCUT2D eigenvalue weighted by atomic mass is 16.5. The predicted octanol–water partition coefficient (Wildman–Crippen LogP) is 0.849. The van der Waals surface area contributed by atoms with Crippen molar-refractivity contribution in [2.24, 2.45) is 7.05 Å². The van der Waals surface area contributed by atoms with Crippen LogP contribution in [0, 0.1) is 0 Å². The summed E-state index contributed by atoms with van der Waals surface area (Å²) in [5.41, 5.74) is 6.62. The van der Waals surface area contributed by atoms with Crippen LogP contribution in [0.4, 0.5) is 5.95 Å². The number of anilines is 1. The molecule has 0 radical (unpaired) electrons. The van der Waals surface area contributed by atoms with Crippen LogP contribution < -0.4 is 21.3 Å². The second kappa shape index (κ2) is 6.60. The van der Waals surface area contributed by atoms with Crippen molar-refractivity contribution in [3.63, 3.8) is 0 Å². The van der Waals surface area contributed by atoms with E-state index in [4.69, 9.17) is 10.5 Å². The van der Waals surface area contributed by atoms with E-state index in [0.29, 0.717) is 22.2 Å². The number of nitrogens with zero attached hydrogens (tertiary/aromatic N) is 3. The standard InChI is InChI=1S/C17H17N5O3/c1-22-8-4-5-10(16(22)24)9-19-15(23)14-11-6-3-7-12(25-2)13(11)20-17(18)21-14/h3-8H,9H2,1-2H3,(H,19,23)(H2,18,20,21). The van der Waals surface area contributed by atoms with Crippen molar-refractivity contribution < 1.29 is 9.53 Å². The number of nitrogens with two attached hydrogens (primary N) is 1. The number of benzene rings is 1. The molecule has 8 heteroatoms. The lowest BCUT2D eigenvalue weighted by molar-refractivity contribution is 0.0947. The molecule has 3 aromatic rings. The summed E-state index contributed by atoms with van der Waals surface area (Å²) in [5.74, 6) is 0.0219. The van der Waals surface area contributed by atoms with Crippen molar-refractivity contribution in [3.8, 4) is 5.75 Å². The summed E-state index contributed by atoms with van der Waals surface area (Å²) in [6.07, 6.45) is 1.65. The van der Waals surface area contributed by atoms with Gasteiger partial charge in [-0.2, -0.15) is 0 Å². The zero-order chi connectivity index (χ0) is 18.0. The van der Waals surface area contributed by atoms with E-state index in [2.05, 4.69) is 15.3 Å². The molecule has 0 fully saturated rings. The molecular formula is C17H17N5O3. The van der Waals surface area contributed by atoms with Crippen LogP contribution in [0.2, 0.25) is 0 Å². The van der Waals surface area contributed by atoms with Gasteiger partial charge in [0.1, 0.15) is 17.0 Å². The summed E-state index contributed by atoms with van der Waals surface area (Å²) in [4.78, 5) is 32.8. The van der Waals surface area contributed by atoms with Gasteiger partial charge in [0, 0.05) is 30.7 Å². The number of nitrogen functional groups attached to an aromatic ring is 1. The van der Waals surface area contributed by atoms with Crippen molar-refractivity contribution in [2.75, 3.05) is 12.8 Å². The topological polar surface area (TPSA) is 112 Å². The number of rotatable bonds is 4. The van der Waals surface area contributed by atoms with Gasteiger partial charge in [-0.25, -0.2) is 9.97 Å². The largest absolute Gasteiger partial charge is 0.494 e. The number of hydrogen-bond donors (Lipinski definition) is 2. The number of carbonyl (C=O) groups excluding carboxylic acids is 1. The molecule has 25 heavy (non-hydrogen) atoms. The van der Waals surface area contributed by atoms with Crippen LogP contribution in [0.1, 0.15) is 16.1 Å². The fourth-order valence-corrected chi connectivity index (χ4v) is 2.53. The number of amides is 1. The Hall–Kier alpha value is -3.42. The number of pyridine rings is 1. The zero-order valence-electron chi connectivity index (χ0n) is 13.8. The number of methoxy groups -OCH3 is 1. The Morgan fingerprint density at radius 2 is 2.08 bits per heavy atom. The highest BCUT2D eigenvalue weighted by Crippen LogP contribution is 2.25. The third kappa shape index (κ3) is 3.14. The van der Waals surface area contributed by atoms with E-state index in [1.807, 2.05) is 0 Å². The van der Waals surface area contributed by atoms with Gasteiger partial charge in [-0.3, -0.25) is 9.59 Å². The predicted molar refractivity (Wildman–Crippen MR) is 93.4 cm³/mol. The maximum Gasteiger partial charge on any atom is 0.271 e. The van der Waals surface area contributed by atoms with Gasteiger partial charge in [0.05, 0.1) is 7.11 Å². The summed E-state index contributed by atoms with van der Waals surface area (Å²) in [7, 11) is 3.16. The lowest BCUT2D eigenvalue weighted by Gasteiger charge is -2.10. The summed E-state index contributed by atoms with van der Waals surface area (Å²) in [6.45, 7) is 0.0850. The fraction of sp³-hybridized carbons (Fsp3) is 0.176. The number of fused-ring (bicyclic) bond motifs is 1. The first-order valence-electron chi connectivity index (χ1n) is 7.54. The van der Waals surface area contributed by atoms with Crippen molar-refractivity contribution in [1.29, 1.82) is 0 Å². The number of aromatic nitrogens is 3. The average Bonchev–Trinajstić information content (AvgIpc) is 2.61. The van der Waals surface area contributed by atoms with E-state index in [0.717, 1.165) is 0 Å². The Balaban J connectivity index is 1.95. The van der Waals surface area contributed by atoms with Crippen LogP contribution in [0.3, 0.4) is 0 Å². The molecule has 128 valence electrons. The lowest BCUT2D eigenvalue weighted by Crippen LogP contribution is -2.29. The van der Waals surface area contributed by atoms with Crippen molar-refractivity contribution in [3.05, 3.63) is 58.1 Å². The van der Waals surface area contributed by atoms with Crippen LogP contribution in [0.15, 0.2) is 41.3 Å². The molecule has 0 unspecified atom stereocenters. The third-order valence-corrected chi connectivity index (χ3v) is 3.78. The minimum absolute atomic E-state index is 0.0298. The van der Waals surface area contributed by atoms with Gasteiger partial charge in [-0.05, 0) is 12.1 Å². The maximum atomic E-state index is 12.6. The quantitative estimate of drug-likeness (QED) is 0.729. The van der Waals surface area contributed by atoms with Gasteiger partial charge in [-0.15, -0.1) is 0 Å². The first kappa shape index (κ1) is 16.4. The zero-order valence-corrected chi connectivity index (χ0v) is 13.8.